The van der Waals surface area contributed by atoms with Gasteiger partial charge >= 0.3 is 5.97 Å². The number of methoxy groups -OCH3 is 1. The summed E-state index contributed by atoms with van der Waals surface area (Å²) < 4.78 is 4.75. The van der Waals surface area contributed by atoms with Crippen LogP contribution in [0.2, 0.25) is 0 Å². The van der Waals surface area contributed by atoms with E-state index < -0.39 is 0 Å². The average molecular weight is 260 g/mol. The largest absolute Gasteiger partial charge is 0.469 e. The van der Waals surface area contributed by atoms with Crippen LogP contribution < -0.4 is 5.32 Å². The number of aromatic nitrogens is 2. The monoisotopic (exact) mass is 260 g/mol. The predicted octanol–water partition coefficient (Wildman–Crippen LogP) is 1.49. The molecule has 1 aliphatic rings. The van der Waals surface area contributed by atoms with E-state index in [2.05, 4.69) is 15.3 Å². The normalized spacial score (nSPS) is 22.3. The minimum atomic E-state index is -0.129. The van der Waals surface area contributed by atoms with Crippen molar-refractivity contribution < 1.29 is 9.53 Å². The van der Waals surface area contributed by atoms with Crippen molar-refractivity contribution in [3.05, 3.63) is 18.1 Å². The van der Waals surface area contributed by atoms with Gasteiger partial charge in [0.2, 0.25) is 0 Å². The van der Waals surface area contributed by atoms with Gasteiger partial charge in [0, 0.05) is 18.4 Å². The fourth-order valence-electron chi connectivity index (χ4n) is 2.36. The van der Waals surface area contributed by atoms with Gasteiger partial charge < -0.3 is 10.1 Å². The third-order valence-corrected chi connectivity index (χ3v) is 3.41. The van der Waals surface area contributed by atoms with E-state index in [4.69, 9.17) is 10.00 Å². The van der Waals surface area contributed by atoms with Gasteiger partial charge in [-0.1, -0.05) is 0 Å². The molecule has 0 unspecified atom stereocenters. The Morgan fingerprint density at radius 3 is 2.68 bits per heavy atom. The van der Waals surface area contributed by atoms with E-state index in [1.54, 1.807) is 6.20 Å². The van der Waals surface area contributed by atoms with Gasteiger partial charge in [0.05, 0.1) is 13.0 Å². The maximum Gasteiger partial charge on any atom is 0.308 e. The van der Waals surface area contributed by atoms with Crippen molar-refractivity contribution in [2.75, 3.05) is 12.4 Å². The number of hydrogen-bond donors (Lipinski definition) is 1. The molecule has 0 aromatic carbocycles. The average Bonchev–Trinajstić information content (AvgIpc) is 2.48. The summed E-state index contributed by atoms with van der Waals surface area (Å²) in [6.07, 6.45) is 6.38. The molecule has 1 aromatic rings. The zero-order valence-corrected chi connectivity index (χ0v) is 10.8. The summed E-state index contributed by atoms with van der Waals surface area (Å²) in [7, 11) is 1.42. The van der Waals surface area contributed by atoms with Gasteiger partial charge in [0.15, 0.2) is 11.5 Å². The Balaban J connectivity index is 1.93. The van der Waals surface area contributed by atoms with E-state index in [0.29, 0.717) is 11.5 Å². The summed E-state index contributed by atoms with van der Waals surface area (Å²) in [5, 5.41) is 12.2. The van der Waals surface area contributed by atoms with Crippen molar-refractivity contribution in [3.8, 4) is 6.07 Å². The number of nitrogens with one attached hydrogen (secondary N) is 1. The highest BCUT2D eigenvalue weighted by Crippen LogP contribution is 2.27. The fraction of sp³-hybridized carbons (Fsp3) is 0.538. The molecule has 0 saturated heterocycles. The molecular formula is C13H16N4O2. The third-order valence-electron chi connectivity index (χ3n) is 3.41. The maximum absolute atomic E-state index is 11.4. The van der Waals surface area contributed by atoms with Crippen LogP contribution in [-0.2, 0) is 9.53 Å². The van der Waals surface area contributed by atoms with Crippen LogP contribution in [0.3, 0.4) is 0 Å². The zero-order chi connectivity index (χ0) is 13.7. The number of ether oxygens (including phenoxy) is 1. The second kappa shape index (κ2) is 6.14. The highest BCUT2D eigenvalue weighted by Gasteiger charge is 2.27. The maximum atomic E-state index is 11.4. The molecule has 0 aliphatic heterocycles. The SMILES string of the molecule is COC(=O)C1CCC(Nc2nccnc2C#N)CC1. The van der Waals surface area contributed by atoms with E-state index >= 15 is 0 Å². The highest BCUT2D eigenvalue weighted by molar-refractivity contribution is 5.72. The number of carbonyl (C=O) groups excluding carboxylic acids is 1. The molecule has 0 spiro atoms. The van der Waals surface area contributed by atoms with Crippen LogP contribution in [0.25, 0.3) is 0 Å². The molecule has 1 N–H and O–H groups in total. The summed E-state index contributed by atoms with van der Waals surface area (Å²) in [5.74, 6) is 0.391. The van der Waals surface area contributed by atoms with Gasteiger partial charge in [-0.15, -0.1) is 0 Å². The lowest BCUT2D eigenvalue weighted by molar-refractivity contribution is -0.146. The van der Waals surface area contributed by atoms with Crippen molar-refractivity contribution >= 4 is 11.8 Å². The molecule has 1 heterocycles. The van der Waals surface area contributed by atoms with Gasteiger partial charge in [0.1, 0.15) is 6.07 Å². The number of hydrogen-bond acceptors (Lipinski definition) is 6. The van der Waals surface area contributed by atoms with Gasteiger partial charge in [-0.2, -0.15) is 5.26 Å². The first-order valence-electron chi connectivity index (χ1n) is 6.30. The molecule has 1 saturated carbocycles. The third kappa shape index (κ3) is 3.19. The second-order valence-electron chi connectivity index (χ2n) is 4.58. The molecule has 0 atom stereocenters. The first-order chi connectivity index (χ1) is 9.24. The van der Waals surface area contributed by atoms with E-state index in [0.717, 1.165) is 25.7 Å². The minimum Gasteiger partial charge on any atom is -0.469 e. The smallest absolute Gasteiger partial charge is 0.308 e. The van der Waals surface area contributed by atoms with Crippen LogP contribution in [0.1, 0.15) is 31.4 Å². The highest BCUT2D eigenvalue weighted by atomic mass is 16.5. The number of esters is 1. The van der Waals surface area contributed by atoms with E-state index in [1.165, 1.54) is 13.3 Å². The van der Waals surface area contributed by atoms with Crippen molar-refractivity contribution in [2.24, 2.45) is 5.92 Å². The van der Waals surface area contributed by atoms with Crippen LogP contribution >= 0.6 is 0 Å². The van der Waals surface area contributed by atoms with Gasteiger partial charge in [0.25, 0.3) is 0 Å². The Labute approximate surface area is 111 Å². The van der Waals surface area contributed by atoms with Gasteiger partial charge in [-0.25, -0.2) is 9.97 Å². The molecule has 19 heavy (non-hydrogen) atoms. The number of anilines is 1. The first kappa shape index (κ1) is 13.3. The van der Waals surface area contributed by atoms with Crippen molar-refractivity contribution in [1.82, 2.24) is 9.97 Å². The topological polar surface area (TPSA) is 87.9 Å². The Morgan fingerprint density at radius 2 is 2.05 bits per heavy atom. The van der Waals surface area contributed by atoms with Gasteiger partial charge in [-0.05, 0) is 25.7 Å². The van der Waals surface area contributed by atoms with Crippen LogP contribution in [0, 0.1) is 17.2 Å². The van der Waals surface area contributed by atoms with Crippen LogP contribution in [0.15, 0.2) is 12.4 Å². The molecule has 0 bridgehead atoms. The number of nitriles is 1. The van der Waals surface area contributed by atoms with E-state index in [1.807, 2.05) is 6.07 Å². The summed E-state index contributed by atoms with van der Waals surface area (Å²) in [5.41, 5.74) is 0.303. The molecule has 1 aromatic heterocycles. The molecule has 1 fully saturated rings. The quantitative estimate of drug-likeness (QED) is 0.828. The van der Waals surface area contributed by atoms with Crippen LogP contribution in [-0.4, -0.2) is 29.1 Å². The molecule has 6 nitrogen and oxygen atoms in total. The van der Waals surface area contributed by atoms with E-state index in [9.17, 15) is 4.79 Å². The number of rotatable bonds is 3. The van der Waals surface area contributed by atoms with Gasteiger partial charge in [-0.3, -0.25) is 4.79 Å². The first-order valence-corrected chi connectivity index (χ1v) is 6.30. The van der Waals surface area contributed by atoms with Crippen molar-refractivity contribution in [2.45, 2.75) is 31.7 Å². The molecule has 1 aliphatic carbocycles. The second-order valence-corrected chi connectivity index (χ2v) is 4.58. The molecule has 6 heteroatoms. The zero-order valence-electron chi connectivity index (χ0n) is 10.8. The van der Waals surface area contributed by atoms with Crippen molar-refractivity contribution in [3.63, 3.8) is 0 Å². The Hall–Kier alpha value is -2.16. The number of nitrogens with zero attached hydrogens (tertiary/aromatic N) is 3. The Kier molecular flexibility index (Phi) is 4.29. The molecule has 0 amide bonds. The Bertz CT molecular complexity index is 490. The summed E-state index contributed by atoms with van der Waals surface area (Å²) in [4.78, 5) is 19.5. The standard InChI is InChI=1S/C13H16N4O2/c1-19-13(18)9-2-4-10(5-3-9)17-12-11(8-14)15-6-7-16-12/h6-7,9-10H,2-5H2,1H3,(H,16,17). The minimum absolute atomic E-state index is 0.000319. The summed E-state index contributed by atoms with van der Waals surface area (Å²) in [6, 6.07) is 2.24. The molecule has 2 rings (SSSR count). The van der Waals surface area contributed by atoms with Crippen molar-refractivity contribution in [1.29, 1.82) is 5.26 Å². The van der Waals surface area contributed by atoms with Crippen LogP contribution in [0.4, 0.5) is 5.82 Å². The number of carbonyl (C=O) groups is 1. The molecular weight excluding hydrogens is 244 g/mol. The fourth-order valence-corrected chi connectivity index (χ4v) is 2.36. The molecule has 0 radical (unpaired) electrons. The molecule has 100 valence electrons. The lowest BCUT2D eigenvalue weighted by atomic mass is 9.86. The lowest BCUT2D eigenvalue weighted by Gasteiger charge is -2.27. The van der Waals surface area contributed by atoms with Crippen LogP contribution in [0.5, 0.6) is 0 Å². The predicted molar refractivity (Wildman–Crippen MR) is 68.1 cm³/mol. The van der Waals surface area contributed by atoms with E-state index in [-0.39, 0.29) is 17.9 Å². The Morgan fingerprint density at radius 1 is 1.37 bits per heavy atom. The summed E-state index contributed by atoms with van der Waals surface area (Å²) >= 11 is 0. The summed E-state index contributed by atoms with van der Waals surface area (Å²) in [6.45, 7) is 0. The lowest BCUT2D eigenvalue weighted by Crippen LogP contribution is -2.30.